The maximum Gasteiger partial charge on any atom is 0.264 e. The Morgan fingerprint density at radius 2 is 1.61 bits per heavy atom. The average molecular weight is 547 g/mol. The number of halogens is 1. The van der Waals surface area contributed by atoms with E-state index < -0.39 is 15.9 Å². The summed E-state index contributed by atoms with van der Waals surface area (Å²) in [5.74, 6) is 0.196. The third-order valence-corrected chi connectivity index (χ3v) is 7.77. The Bertz CT molecular complexity index is 1520. The predicted molar refractivity (Wildman–Crippen MR) is 153 cm³/mol. The van der Waals surface area contributed by atoms with Crippen LogP contribution < -0.4 is 14.4 Å². The van der Waals surface area contributed by atoms with Crippen molar-refractivity contribution in [2.24, 2.45) is 0 Å². The second-order valence-electron chi connectivity index (χ2n) is 8.55. The van der Waals surface area contributed by atoms with Crippen LogP contribution >= 0.6 is 11.6 Å². The molecule has 0 saturated carbocycles. The first-order valence-corrected chi connectivity index (χ1v) is 13.7. The molecule has 0 bridgehead atoms. The van der Waals surface area contributed by atoms with Crippen molar-refractivity contribution in [1.82, 2.24) is 0 Å². The molecular weight excluding hydrogens is 520 g/mol. The Hall–Kier alpha value is -4.07. The number of nitrogens with one attached hydrogen (secondary N) is 1. The molecule has 194 valence electrons. The number of aryl methyl sites for hydroxylation is 1. The van der Waals surface area contributed by atoms with Crippen LogP contribution in [0.25, 0.3) is 0 Å². The number of para-hydroxylation sites is 1. The SMILES string of the molecule is C=CCOc1ccc(NC(=O)c2ccccc2N(Cc2ccc(Cl)cc2)S(=O)(=O)c2ccc(C)cc2)cc1. The summed E-state index contributed by atoms with van der Waals surface area (Å²) < 4.78 is 34.6. The van der Waals surface area contributed by atoms with Gasteiger partial charge in [-0.1, -0.05) is 66.2 Å². The number of carbonyl (C=O) groups excluding carboxylic acids is 1. The topological polar surface area (TPSA) is 75.7 Å². The third kappa shape index (κ3) is 6.43. The second kappa shape index (κ2) is 12.0. The highest BCUT2D eigenvalue weighted by Crippen LogP contribution is 2.30. The molecule has 4 rings (SSSR count). The lowest BCUT2D eigenvalue weighted by Crippen LogP contribution is -2.32. The maximum absolute atomic E-state index is 13.9. The van der Waals surface area contributed by atoms with Gasteiger partial charge in [-0.2, -0.15) is 0 Å². The van der Waals surface area contributed by atoms with Crippen molar-refractivity contribution in [3.05, 3.63) is 131 Å². The third-order valence-electron chi connectivity index (χ3n) is 5.75. The fourth-order valence-corrected chi connectivity index (χ4v) is 5.36. The molecule has 8 heteroatoms. The van der Waals surface area contributed by atoms with Crippen molar-refractivity contribution in [2.75, 3.05) is 16.2 Å². The molecule has 0 aliphatic heterocycles. The van der Waals surface area contributed by atoms with Crippen LogP contribution in [0.4, 0.5) is 11.4 Å². The molecule has 1 amide bonds. The molecule has 0 spiro atoms. The van der Waals surface area contributed by atoms with Gasteiger partial charge in [-0.25, -0.2) is 8.42 Å². The Labute approximate surface area is 228 Å². The number of hydrogen-bond donors (Lipinski definition) is 1. The monoisotopic (exact) mass is 546 g/mol. The van der Waals surface area contributed by atoms with Gasteiger partial charge in [0.1, 0.15) is 12.4 Å². The van der Waals surface area contributed by atoms with Gasteiger partial charge in [-0.3, -0.25) is 9.10 Å². The molecule has 0 atom stereocenters. The highest BCUT2D eigenvalue weighted by molar-refractivity contribution is 7.92. The fourth-order valence-electron chi connectivity index (χ4n) is 3.76. The van der Waals surface area contributed by atoms with Crippen LogP contribution in [-0.4, -0.2) is 20.9 Å². The largest absolute Gasteiger partial charge is 0.490 e. The van der Waals surface area contributed by atoms with E-state index in [4.69, 9.17) is 16.3 Å². The second-order valence-corrected chi connectivity index (χ2v) is 10.8. The standard InChI is InChI=1S/C30H27ClN2O4S/c1-3-20-37-26-16-14-25(15-17-26)32-30(34)28-6-4-5-7-29(28)33(21-23-10-12-24(31)13-11-23)38(35,36)27-18-8-22(2)9-19-27/h3-19H,1,20-21H2,2H3,(H,32,34). The fraction of sp³-hybridized carbons (Fsp3) is 0.100. The van der Waals surface area contributed by atoms with Gasteiger partial charge in [0.25, 0.3) is 15.9 Å². The van der Waals surface area contributed by atoms with Crippen LogP contribution in [0.3, 0.4) is 0 Å². The van der Waals surface area contributed by atoms with E-state index in [0.717, 1.165) is 11.1 Å². The number of amides is 1. The van der Waals surface area contributed by atoms with Crippen molar-refractivity contribution < 1.29 is 17.9 Å². The van der Waals surface area contributed by atoms with Crippen LogP contribution in [0, 0.1) is 6.92 Å². The molecule has 0 heterocycles. The maximum atomic E-state index is 13.9. The first kappa shape index (κ1) is 27.0. The summed E-state index contributed by atoms with van der Waals surface area (Å²) in [5.41, 5.74) is 2.67. The Kier molecular flexibility index (Phi) is 8.51. The predicted octanol–water partition coefficient (Wildman–Crippen LogP) is 6.86. The van der Waals surface area contributed by atoms with Gasteiger partial charge < -0.3 is 10.1 Å². The van der Waals surface area contributed by atoms with E-state index in [1.54, 1.807) is 103 Å². The molecule has 0 aromatic heterocycles. The highest BCUT2D eigenvalue weighted by atomic mass is 35.5. The van der Waals surface area contributed by atoms with Crippen molar-refractivity contribution in [2.45, 2.75) is 18.4 Å². The summed E-state index contributed by atoms with van der Waals surface area (Å²) in [4.78, 5) is 13.5. The van der Waals surface area contributed by atoms with Gasteiger partial charge in [0, 0.05) is 10.7 Å². The van der Waals surface area contributed by atoms with E-state index in [1.165, 1.54) is 4.31 Å². The number of anilines is 2. The minimum atomic E-state index is -4.03. The molecule has 0 saturated heterocycles. The zero-order valence-corrected chi connectivity index (χ0v) is 22.4. The quantitative estimate of drug-likeness (QED) is 0.220. The number of hydrogen-bond acceptors (Lipinski definition) is 4. The molecule has 0 aliphatic carbocycles. The Morgan fingerprint density at radius 3 is 2.26 bits per heavy atom. The van der Waals surface area contributed by atoms with Crippen LogP contribution in [0.15, 0.2) is 115 Å². The van der Waals surface area contributed by atoms with Gasteiger partial charge in [0.15, 0.2) is 0 Å². The van der Waals surface area contributed by atoms with Gasteiger partial charge in [-0.05, 0) is 73.2 Å². The molecule has 4 aromatic rings. The van der Waals surface area contributed by atoms with Crippen molar-refractivity contribution >= 4 is 38.9 Å². The first-order valence-electron chi connectivity index (χ1n) is 11.9. The minimum Gasteiger partial charge on any atom is -0.490 e. The molecule has 4 aromatic carbocycles. The lowest BCUT2D eigenvalue weighted by molar-refractivity contribution is 0.102. The number of benzene rings is 4. The van der Waals surface area contributed by atoms with E-state index >= 15 is 0 Å². The first-order chi connectivity index (χ1) is 18.3. The smallest absolute Gasteiger partial charge is 0.264 e. The molecule has 38 heavy (non-hydrogen) atoms. The van der Waals surface area contributed by atoms with Crippen LogP contribution in [0.5, 0.6) is 5.75 Å². The molecular formula is C30H27ClN2O4S. The Balaban J connectivity index is 1.71. The normalized spacial score (nSPS) is 11.0. The zero-order chi connectivity index (χ0) is 27.1. The van der Waals surface area contributed by atoms with Gasteiger partial charge in [-0.15, -0.1) is 0 Å². The number of carbonyl (C=O) groups is 1. The summed E-state index contributed by atoms with van der Waals surface area (Å²) in [6, 6.07) is 27.1. The van der Waals surface area contributed by atoms with E-state index in [0.29, 0.717) is 23.1 Å². The van der Waals surface area contributed by atoms with Crippen molar-refractivity contribution in [3.8, 4) is 5.75 Å². The van der Waals surface area contributed by atoms with Gasteiger partial charge >= 0.3 is 0 Å². The number of sulfonamides is 1. The molecule has 6 nitrogen and oxygen atoms in total. The number of ether oxygens (including phenoxy) is 1. The van der Waals surface area contributed by atoms with E-state index in [2.05, 4.69) is 11.9 Å². The van der Waals surface area contributed by atoms with E-state index in [1.807, 2.05) is 6.92 Å². The molecule has 0 fully saturated rings. The highest BCUT2D eigenvalue weighted by Gasteiger charge is 2.28. The van der Waals surface area contributed by atoms with Crippen LogP contribution in [0.2, 0.25) is 5.02 Å². The van der Waals surface area contributed by atoms with Crippen molar-refractivity contribution in [3.63, 3.8) is 0 Å². The summed E-state index contributed by atoms with van der Waals surface area (Å²) in [5, 5.41) is 3.40. The minimum absolute atomic E-state index is 0.00696. The molecule has 0 unspecified atom stereocenters. The summed E-state index contributed by atoms with van der Waals surface area (Å²) in [6.07, 6.45) is 1.65. The zero-order valence-electron chi connectivity index (χ0n) is 20.8. The molecule has 0 radical (unpaired) electrons. The number of rotatable bonds is 10. The summed E-state index contributed by atoms with van der Waals surface area (Å²) in [7, 11) is -4.03. The summed E-state index contributed by atoms with van der Waals surface area (Å²) in [6.45, 7) is 5.89. The van der Waals surface area contributed by atoms with Crippen LogP contribution in [0.1, 0.15) is 21.5 Å². The van der Waals surface area contributed by atoms with Crippen molar-refractivity contribution in [1.29, 1.82) is 0 Å². The molecule has 1 N–H and O–H groups in total. The lowest BCUT2D eigenvalue weighted by atomic mass is 10.1. The average Bonchev–Trinajstić information content (AvgIpc) is 2.92. The van der Waals surface area contributed by atoms with Gasteiger partial charge in [0.2, 0.25) is 0 Å². The van der Waals surface area contributed by atoms with E-state index in [-0.39, 0.29) is 22.7 Å². The van der Waals surface area contributed by atoms with Crippen LogP contribution in [-0.2, 0) is 16.6 Å². The number of nitrogens with zero attached hydrogens (tertiary/aromatic N) is 1. The lowest BCUT2D eigenvalue weighted by Gasteiger charge is -2.27. The van der Waals surface area contributed by atoms with E-state index in [9.17, 15) is 13.2 Å². The Morgan fingerprint density at radius 1 is 0.947 bits per heavy atom. The van der Waals surface area contributed by atoms with Gasteiger partial charge in [0.05, 0.1) is 22.7 Å². The molecule has 0 aliphatic rings. The summed E-state index contributed by atoms with van der Waals surface area (Å²) >= 11 is 6.05.